The van der Waals surface area contributed by atoms with Crippen LogP contribution >= 0.6 is 0 Å². The average molecular weight is 148 g/mol. The summed E-state index contributed by atoms with van der Waals surface area (Å²) in [6.07, 6.45) is 0. The van der Waals surface area contributed by atoms with Crippen molar-refractivity contribution in [3.05, 3.63) is 42.0 Å². The zero-order valence-electron chi connectivity index (χ0n) is 6.59. The minimum atomic E-state index is 0.741. The van der Waals surface area contributed by atoms with Crippen LogP contribution < -0.4 is 11.3 Å². The molecule has 1 aromatic carbocycles. The van der Waals surface area contributed by atoms with Gasteiger partial charge in [-0.25, -0.2) is 0 Å². The molecule has 3 N–H and O–H groups in total. The van der Waals surface area contributed by atoms with Gasteiger partial charge in [0.05, 0.1) is 0 Å². The van der Waals surface area contributed by atoms with Gasteiger partial charge in [-0.15, -0.1) is 0 Å². The van der Waals surface area contributed by atoms with Gasteiger partial charge in [0, 0.05) is 5.70 Å². The molecule has 0 atom stereocenters. The molecule has 0 aliphatic carbocycles. The van der Waals surface area contributed by atoms with Gasteiger partial charge in [0.15, 0.2) is 0 Å². The largest absolute Gasteiger partial charge is 0.324 e. The van der Waals surface area contributed by atoms with Crippen molar-refractivity contribution in [1.82, 2.24) is 5.43 Å². The molecule has 1 aromatic rings. The monoisotopic (exact) mass is 148 g/mol. The molecule has 0 heterocycles. The molecule has 0 radical (unpaired) electrons. The molecule has 0 unspecified atom stereocenters. The molecule has 2 heteroatoms. The molecule has 2 nitrogen and oxygen atoms in total. The second-order valence-electron chi connectivity index (χ2n) is 2.49. The Bertz CT molecular complexity index is 249. The van der Waals surface area contributed by atoms with E-state index in [4.69, 9.17) is 5.84 Å². The molecule has 0 amide bonds. The highest BCUT2D eigenvalue weighted by Crippen LogP contribution is 2.08. The fraction of sp³-hybridized carbons (Fsp3) is 0.111. The minimum absolute atomic E-state index is 0.741. The van der Waals surface area contributed by atoms with Crippen molar-refractivity contribution in [2.24, 2.45) is 5.84 Å². The van der Waals surface area contributed by atoms with E-state index >= 15 is 0 Å². The molecule has 0 aliphatic rings. The molecule has 0 saturated carbocycles. The van der Waals surface area contributed by atoms with Gasteiger partial charge < -0.3 is 5.43 Å². The molecule has 0 aliphatic heterocycles. The smallest absolute Gasteiger partial charge is 0.0485 e. The molecule has 58 valence electrons. The van der Waals surface area contributed by atoms with E-state index < -0.39 is 0 Å². The van der Waals surface area contributed by atoms with Crippen LogP contribution in [0.5, 0.6) is 0 Å². The maximum atomic E-state index is 5.19. The van der Waals surface area contributed by atoms with E-state index in [2.05, 4.69) is 12.0 Å². The fourth-order valence-electron chi connectivity index (χ4n) is 0.838. The lowest BCUT2D eigenvalue weighted by molar-refractivity contribution is 0.995. The first-order chi connectivity index (χ1) is 5.24. The summed E-state index contributed by atoms with van der Waals surface area (Å²) in [6, 6.07) is 8.02. The zero-order valence-corrected chi connectivity index (χ0v) is 6.59. The van der Waals surface area contributed by atoms with E-state index in [0.717, 1.165) is 11.3 Å². The van der Waals surface area contributed by atoms with Crippen LogP contribution in [0.25, 0.3) is 5.70 Å². The van der Waals surface area contributed by atoms with Crippen molar-refractivity contribution >= 4 is 5.70 Å². The SMILES string of the molecule is C=C(NN)c1ccc(C)cc1. The van der Waals surface area contributed by atoms with Crippen molar-refractivity contribution in [1.29, 1.82) is 0 Å². The van der Waals surface area contributed by atoms with Crippen LogP contribution in [0, 0.1) is 6.92 Å². The van der Waals surface area contributed by atoms with Gasteiger partial charge >= 0.3 is 0 Å². The number of rotatable bonds is 2. The number of benzene rings is 1. The summed E-state index contributed by atoms with van der Waals surface area (Å²) in [6.45, 7) is 5.78. The number of nitrogens with one attached hydrogen (secondary N) is 1. The maximum absolute atomic E-state index is 5.19. The van der Waals surface area contributed by atoms with Gasteiger partial charge in [0.2, 0.25) is 0 Å². The number of hydrogen-bond donors (Lipinski definition) is 2. The Balaban J connectivity index is 2.90. The highest BCUT2D eigenvalue weighted by atomic mass is 15.2. The van der Waals surface area contributed by atoms with Gasteiger partial charge in [0.25, 0.3) is 0 Å². The molecule has 1 rings (SSSR count). The first kappa shape index (κ1) is 7.82. The summed E-state index contributed by atoms with van der Waals surface area (Å²) in [7, 11) is 0. The number of hydrazine groups is 1. The summed E-state index contributed by atoms with van der Waals surface area (Å²) < 4.78 is 0. The third-order valence-corrected chi connectivity index (χ3v) is 1.57. The summed E-state index contributed by atoms with van der Waals surface area (Å²) in [4.78, 5) is 0. The van der Waals surface area contributed by atoms with E-state index in [1.165, 1.54) is 5.56 Å². The van der Waals surface area contributed by atoms with Crippen LogP contribution in [0.4, 0.5) is 0 Å². The normalized spacial score (nSPS) is 9.27. The fourth-order valence-corrected chi connectivity index (χ4v) is 0.838. The lowest BCUT2D eigenvalue weighted by atomic mass is 10.1. The van der Waals surface area contributed by atoms with Gasteiger partial charge in [-0.3, -0.25) is 5.84 Å². The summed E-state index contributed by atoms with van der Waals surface area (Å²) in [5, 5.41) is 0. The minimum Gasteiger partial charge on any atom is -0.324 e. The van der Waals surface area contributed by atoms with Crippen LogP contribution in [0.1, 0.15) is 11.1 Å². The van der Waals surface area contributed by atoms with Gasteiger partial charge in [-0.05, 0) is 12.5 Å². The van der Waals surface area contributed by atoms with E-state index in [1.54, 1.807) is 0 Å². The molecule has 0 fully saturated rings. The van der Waals surface area contributed by atoms with Gasteiger partial charge in [-0.1, -0.05) is 36.4 Å². The van der Waals surface area contributed by atoms with Crippen LogP contribution in [-0.2, 0) is 0 Å². The predicted octanol–water partition coefficient (Wildman–Crippen LogP) is 1.43. The molecule has 0 saturated heterocycles. The van der Waals surface area contributed by atoms with Crippen molar-refractivity contribution in [3.63, 3.8) is 0 Å². The third kappa shape index (κ3) is 1.82. The Labute approximate surface area is 66.7 Å². The summed E-state index contributed by atoms with van der Waals surface area (Å²) >= 11 is 0. The Morgan fingerprint density at radius 2 is 1.91 bits per heavy atom. The summed E-state index contributed by atoms with van der Waals surface area (Å²) in [5.41, 5.74) is 5.51. The number of aryl methyl sites for hydroxylation is 1. The quantitative estimate of drug-likeness (QED) is 0.492. The van der Waals surface area contributed by atoms with Crippen molar-refractivity contribution < 1.29 is 0 Å². The number of nitrogens with two attached hydrogens (primary N) is 1. The first-order valence-corrected chi connectivity index (χ1v) is 3.46. The van der Waals surface area contributed by atoms with Crippen molar-refractivity contribution in [2.75, 3.05) is 0 Å². The van der Waals surface area contributed by atoms with E-state index in [0.29, 0.717) is 0 Å². The maximum Gasteiger partial charge on any atom is 0.0485 e. The Hall–Kier alpha value is -1.28. The molecular formula is C9H12N2. The highest BCUT2D eigenvalue weighted by molar-refractivity contribution is 5.61. The molecule has 11 heavy (non-hydrogen) atoms. The lowest BCUT2D eigenvalue weighted by Gasteiger charge is -2.03. The van der Waals surface area contributed by atoms with Gasteiger partial charge in [0.1, 0.15) is 0 Å². The molecule has 0 spiro atoms. The van der Waals surface area contributed by atoms with Crippen LogP contribution in [0.3, 0.4) is 0 Å². The van der Waals surface area contributed by atoms with E-state index in [9.17, 15) is 0 Å². The average Bonchev–Trinajstić information content (AvgIpc) is 2.05. The summed E-state index contributed by atoms with van der Waals surface area (Å²) in [5.74, 6) is 5.19. The zero-order chi connectivity index (χ0) is 8.27. The van der Waals surface area contributed by atoms with E-state index in [-0.39, 0.29) is 0 Å². The highest BCUT2D eigenvalue weighted by Gasteiger charge is 1.93. The first-order valence-electron chi connectivity index (χ1n) is 3.46. The van der Waals surface area contributed by atoms with E-state index in [1.807, 2.05) is 31.2 Å². The second kappa shape index (κ2) is 3.21. The Morgan fingerprint density at radius 1 is 1.36 bits per heavy atom. The lowest BCUT2D eigenvalue weighted by Crippen LogP contribution is -2.18. The second-order valence-corrected chi connectivity index (χ2v) is 2.49. The Morgan fingerprint density at radius 3 is 2.36 bits per heavy atom. The predicted molar refractivity (Wildman–Crippen MR) is 47.5 cm³/mol. The molecular weight excluding hydrogens is 136 g/mol. The molecule has 0 aromatic heterocycles. The molecule has 0 bridgehead atoms. The third-order valence-electron chi connectivity index (χ3n) is 1.57. The number of hydrogen-bond acceptors (Lipinski definition) is 2. The topological polar surface area (TPSA) is 38.0 Å². The van der Waals surface area contributed by atoms with Crippen molar-refractivity contribution in [2.45, 2.75) is 6.92 Å². The Kier molecular flexibility index (Phi) is 2.28. The van der Waals surface area contributed by atoms with Gasteiger partial charge in [-0.2, -0.15) is 0 Å². The standard InChI is InChI=1S/C9H12N2/c1-7-3-5-9(6-4-7)8(2)11-10/h3-6,11H,2,10H2,1H3. The van der Waals surface area contributed by atoms with Crippen LogP contribution in [0.15, 0.2) is 30.8 Å². The van der Waals surface area contributed by atoms with Crippen LogP contribution in [0.2, 0.25) is 0 Å². The van der Waals surface area contributed by atoms with Crippen LogP contribution in [-0.4, -0.2) is 0 Å². The van der Waals surface area contributed by atoms with Crippen molar-refractivity contribution in [3.8, 4) is 0 Å².